The topological polar surface area (TPSA) is 104 Å². The fraction of sp³-hybridized carbons (Fsp3) is 0.545. The fourth-order valence-electron chi connectivity index (χ4n) is 4.37. The average Bonchev–Trinajstić information content (AvgIpc) is 3.26. The van der Waals surface area contributed by atoms with Crippen molar-refractivity contribution < 1.29 is 4.74 Å². The van der Waals surface area contributed by atoms with E-state index in [0.717, 1.165) is 66.9 Å². The van der Waals surface area contributed by atoms with Gasteiger partial charge in [-0.15, -0.1) is 0 Å². The molecule has 0 amide bonds. The average molecular weight is 423 g/mol. The number of nitrogens with one attached hydrogen (secondary N) is 3. The number of aromatic nitrogens is 5. The van der Waals surface area contributed by atoms with Gasteiger partial charge in [-0.1, -0.05) is 19.3 Å². The van der Waals surface area contributed by atoms with Gasteiger partial charge in [-0.05, 0) is 31.9 Å². The molecule has 1 saturated heterocycles. The molecule has 1 saturated carbocycles. The number of fused-ring (bicyclic) bond motifs is 1. The third-order valence-corrected chi connectivity index (χ3v) is 6.10. The van der Waals surface area contributed by atoms with Crippen LogP contribution in [0.1, 0.15) is 43.5 Å². The van der Waals surface area contributed by atoms with E-state index in [1.807, 2.05) is 6.92 Å². The third-order valence-electron chi connectivity index (χ3n) is 6.10. The van der Waals surface area contributed by atoms with Crippen LogP contribution in [-0.4, -0.2) is 62.2 Å². The second-order valence-corrected chi connectivity index (χ2v) is 8.42. The van der Waals surface area contributed by atoms with Crippen LogP contribution in [0, 0.1) is 6.92 Å². The molecule has 0 atom stereocenters. The van der Waals surface area contributed by atoms with E-state index in [1.54, 1.807) is 6.33 Å². The highest BCUT2D eigenvalue weighted by molar-refractivity contribution is 5.84. The van der Waals surface area contributed by atoms with Crippen molar-refractivity contribution in [1.82, 2.24) is 29.8 Å². The molecule has 0 bridgehead atoms. The van der Waals surface area contributed by atoms with Crippen LogP contribution in [0.2, 0.25) is 0 Å². The van der Waals surface area contributed by atoms with Gasteiger partial charge >= 0.3 is 0 Å². The summed E-state index contributed by atoms with van der Waals surface area (Å²) in [6, 6.07) is 4.58. The van der Waals surface area contributed by atoms with Crippen LogP contribution in [0.5, 0.6) is 0 Å². The number of aryl methyl sites for hydroxylation is 1. The third kappa shape index (κ3) is 4.77. The number of morpholine rings is 1. The normalized spacial score (nSPS) is 18.4. The molecule has 0 radical (unpaired) electrons. The molecule has 0 aromatic carbocycles. The number of aromatic amines is 1. The summed E-state index contributed by atoms with van der Waals surface area (Å²) >= 11 is 0. The molecule has 4 heterocycles. The number of hydrogen-bond acceptors (Lipinski definition) is 8. The Kier molecular flexibility index (Phi) is 5.95. The first-order valence-electron chi connectivity index (χ1n) is 11.3. The number of anilines is 3. The van der Waals surface area contributed by atoms with Gasteiger partial charge in [-0.25, -0.2) is 4.98 Å². The standard InChI is InChI=1S/C22H30N8O/c1-15-18(8-7-17(25-15)13-30-9-11-31-12-10-30)27-22-28-20-19(23-14-24-20)21(29-22)26-16-5-3-2-4-6-16/h7-8,14,16H,2-6,9-13H2,1H3,(H3,23,24,26,27,28,29). The molecule has 2 aliphatic rings. The first-order chi connectivity index (χ1) is 15.2. The SMILES string of the molecule is Cc1nc(CN2CCOCC2)ccc1Nc1nc(NC2CCCCC2)c2nc[nH]c2n1. The minimum Gasteiger partial charge on any atom is -0.379 e. The van der Waals surface area contributed by atoms with Crippen LogP contribution in [0.15, 0.2) is 18.5 Å². The van der Waals surface area contributed by atoms with Crippen LogP contribution in [0.4, 0.5) is 17.5 Å². The summed E-state index contributed by atoms with van der Waals surface area (Å²) < 4.78 is 5.43. The summed E-state index contributed by atoms with van der Waals surface area (Å²) in [5.41, 5.74) is 4.42. The predicted octanol–water partition coefficient (Wildman–Crippen LogP) is 3.38. The molecule has 5 rings (SSSR count). The molecule has 0 unspecified atom stereocenters. The van der Waals surface area contributed by atoms with Gasteiger partial charge in [-0.2, -0.15) is 9.97 Å². The van der Waals surface area contributed by atoms with Crippen molar-refractivity contribution in [3.8, 4) is 0 Å². The Balaban J connectivity index is 1.33. The Labute approximate surface area is 182 Å². The Bertz CT molecular complexity index is 1020. The van der Waals surface area contributed by atoms with E-state index in [1.165, 1.54) is 32.1 Å². The lowest BCUT2D eigenvalue weighted by atomic mass is 9.95. The Morgan fingerprint density at radius 2 is 1.94 bits per heavy atom. The fourth-order valence-corrected chi connectivity index (χ4v) is 4.37. The maximum atomic E-state index is 5.43. The zero-order chi connectivity index (χ0) is 21.0. The molecule has 1 aliphatic carbocycles. The lowest BCUT2D eigenvalue weighted by Crippen LogP contribution is -2.35. The van der Waals surface area contributed by atoms with E-state index in [-0.39, 0.29) is 0 Å². The van der Waals surface area contributed by atoms with Gasteiger partial charge in [0.05, 0.1) is 36.6 Å². The van der Waals surface area contributed by atoms with Crippen molar-refractivity contribution in [2.45, 2.75) is 51.6 Å². The van der Waals surface area contributed by atoms with E-state index < -0.39 is 0 Å². The van der Waals surface area contributed by atoms with Gasteiger partial charge in [0, 0.05) is 25.7 Å². The van der Waals surface area contributed by atoms with E-state index >= 15 is 0 Å². The first-order valence-corrected chi connectivity index (χ1v) is 11.3. The van der Waals surface area contributed by atoms with Gasteiger partial charge in [0.2, 0.25) is 5.95 Å². The molecule has 3 aromatic heterocycles. The molecule has 3 aromatic rings. The molecule has 3 N–H and O–H groups in total. The molecule has 9 nitrogen and oxygen atoms in total. The second-order valence-electron chi connectivity index (χ2n) is 8.42. The number of hydrogen-bond donors (Lipinski definition) is 3. The van der Waals surface area contributed by atoms with Crippen molar-refractivity contribution in [3.05, 3.63) is 29.8 Å². The van der Waals surface area contributed by atoms with E-state index in [2.05, 4.69) is 42.6 Å². The van der Waals surface area contributed by atoms with E-state index in [0.29, 0.717) is 12.0 Å². The van der Waals surface area contributed by atoms with Crippen molar-refractivity contribution in [2.24, 2.45) is 0 Å². The molecule has 0 spiro atoms. The van der Waals surface area contributed by atoms with E-state index in [4.69, 9.17) is 14.7 Å². The minimum atomic E-state index is 0.444. The summed E-state index contributed by atoms with van der Waals surface area (Å²) in [5.74, 6) is 1.33. The largest absolute Gasteiger partial charge is 0.379 e. The molecule has 2 fully saturated rings. The predicted molar refractivity (Wildman–Crippen MR) is 121 cm³/mol. The number of nitrogens with zero attached hydrogens (tertiary/aromatic N) is 5. The smallest absolute Gasteiger partial charge is 0.231 e. The highest BCUT2D eigenvalue weighted by Crippen LogP contribution is 2.26. The van der Waals surface area contributed by atoms with Crippen LogP contribution in [0.25, 0.3) is 11.2 Å². The van der Waals surface area contributed by atoms with E-state index in [9.17, 15) is 0 Å². The lowest BCUT2D eigenvalue weighted by molar-refractivity contribution is 0.0336. The van der Waals surface area contributed by atoms with Crippen molar-refractivity contribution in [3.63, 3.8) is 0 Å². The summed E-state index contributed by atoms with van der Waals surface area (Å²) in [5, 5.41) is 6.96. The summed E-state index contributed by atoms with van der Waals surface area (Å²) in [4.78, 5) is 24.1. The Morgan fingerprint density at radius 1 is 1.10 bits per heavy atom. The molecule has 9 heteroatoms. The van der Waals surface area contributed by atoms with Gasteiger partial charge in [0.1, 0.15) is 5.52 Å². The maximum Gasteiger partial charge on any atom is 0.231 e. The van der Waals surface area contributed by atoms with Crippen LogP contribution in [0.3, 0.4) is 0 Å². The zero-order valence-corrected chi connectivity index (χ0v) is 18.0. The quantitative estimate of drug-likeness (QED) is 0.555. The number of H-pyrrole nitrogens is 1. The highest BCUT2D eigenvalue weighted by atomic mass is 16.5. The molecular weight excluding hydrogens is 392 g/mol. The van der Waals surface area contributed by atoms with Gasteiger partial charge in [0.15, 0.2) is 11.5 Å². The van der Waals surface area contributed by atoms with Crippen molar-refractivity contribution in [2.75, 3.05) is 36.9 Å². The number of ether oxygens (including phenoxy) is 1. The van der Waals surface area contributed by atoms with Crippen molar-refractivity contribution in [1.29, 1.82) is 0 Å². The summed E-state index contributed by atoms with van der Waals surface area (Å²) in [6.45, 7) is 6.36. The first kappa shape index (κ1) is 20.1. The monoisotopic (exact) mass is 422 g/mol. The minimum absolute atomic E-state index is 0.444. The zero-order valence-electron chi connectivity index (χ0n) is 18.0. The van der Waals surface area contributed by atoms with Crippen LogP contribution < -0.4 is 10.6 Å². The number of pyridine rings is 1. The second kappa shape index (κ2) is 9.15. The summed E-state index contributed by atoms with van der Waals surface area (Å²) in [7, 11) is 0. The molecule has 164 valence electrons. The van der Waals surface area contributed by atoms with Crippen molar-refractivity contribution >= 4 is 28.6 Å². The Hall–Kier alpha value is -2.78. The Morgan fingerprint density at radius 3 is 2.74 bits per heavy atom. The van der Waals surface area contributed by atoms with Crippen LogP contribution in [-0.2, 0) is 11.3 Å². The molecule has 31 heavy (non-hydrogen) atoms. The molecular formula is C22H30N8O. The lowest BCUT2D eigenvalue weighted by Gasteiger charge is -2.26. The van der Waals surface area contributed by atoms with Gasteiger partial charge in [0.25, 0.3) is 0 Å². The van der Waals surface area contributed by atoms with Gasteiger partial charge in [-0.3, -0.25) is 9.88 Å². The highest BCUT2D eigenvalue weighted by Gasteiger charge is 2.18. The number of rotatable bonds is 6. The van der Waals surface area contributed by atoms with Gasteiger partial charge < -0.3 is 20.4 Å². The van der Waals surface area contributed by atoms with Crippen LogP contribution >= 0.6 is 0 Å². The maximum absolute atomic E-state index is 5.43. The molecule has 1 aliphatic heterocycles. The number of imidazole rings is 1. The summed E-state index contributed by atoms with van der Waals surface area (Å²) in [6.07, 6.45) is 7.86.